The van der Waals surface area contributed by atoms with Gasteiger partial charge in [-0.15, -0.1) is 0 Å². The summed E-state index contributed by atoms with van der Waals surface area (Å²) < 4.78 is 0. The summed E-state index contributed by atoms with van der Waals surface area (Å²) in [5.74, 6) is 0. The van der Waals surface area contributed by atoms with Crippen LogP contribution in [-0.2, 0) is 12.1 Å². The number of aliphatic hydroxyl groups is 1. The number of aromatic amines is 1. The molecule has 3 N–H and O–H groups in total. The predicted molar refractivity (Wildman–Crippen MR) is 89.5 cm³/mol. The Kier molecular flexibility index (Phi) is 4.50. The van der Waals surface area contributed by atoms with Crippen molar-refractivity contribution in [3.8, 4) is 11.3 Å². The first-order chi connectivity index (χ1) is 11.2. The molecule has 3 aromatic rings. The molecule has 0 aliphatic rings. The average molecular weight is 308 g/mol. The van der Waals surface area contributed by atoms with Gasteiger partial charge in [0.1, 0.15) is 0 Å². The van der Waals surface area contributed by atoms with Crippen LogP contribution in [0.25, 0.3) is 11.3 Å². The van der Waals surface area contributed by atoms with Crippen molar-refractivity contribution in [2.24, 2.45) is 0 Å². The van der Waals surface area contributed by atoms with E-state index in [2.05, 4.69) is 20.5 Å². The van der Waals surface area contributed by atoms with Crippen molar-refractivity contribution in [3.05, 3.63) is 72.2 Å². The minimum absolute atomic E-state index is 0.453. The van der Waals surface area contributed by atoms with Crippen LogP contribution in [0.5, 0.6) is 0 Å². The zero-order valence-electron chi connectivity index (χ0n) is 13.0. The fourth-order valence-electron chi connectivity index (χ4n) is 2.55. The van der Waals surface area contributed by atoms with Crippen molar-refractivity contribution in [1.29, 1.82) is 0 Å². The van der Waals surface area contributed by atoms with Gasteiger partial charge in [0.05, 0.1) is 17.5 Å². The van der Waals surface area contributed by atoms with Gasteiger partial charge in [0, 0.05) is 36.6 Å². The van der Waals surface area contributed by atoms with Crippen molar-refractivity contribution in [2.75, 3.05) is 6.54 Å². The van der Waals surface area contributed by atoms with E-state index in [0.29, 0.717) is 13.1 Å². The number of pyridine rings is 1. The summed E-state index contributed by atoms with van der Waals surface area (Å²) in [5.41, 5.74) is 2.97. The molecule has 2 heterocycles. The highest BCUT2D eigenvalue weighted by molar-refractivity contribution is 5.61. The number of aromatic nitrogens is 3. The van der Waals surface area contributed by atoms with Gasteiger partial charge in [-0.3, -0.25) is 10.1 Å². The predicted octanol–water partition coefficient (Wildman–Crippen LogP) is 2.47. The maximum atomic E-state index is 10.6. The smallest absolute Gasteiger partial charge is 0.0992 e. The van der Waals surface area contributed by atoms with Crippen molar-refractivity contribution >= 4 is 0 Å². The molecular formula is C18H20N4O. The highest BCUT2D eigenvalue weighted by atomic mass is 16.3. The van der Waals surface area contributed by atoms with Crippen LogP contribution in [0.2, 0.25) is 0 Å². The van der Waals surface area contributed by atoms with Crippen LogP contribution >= 0.6 is 0 Å². The van der Waals surface area contributed by atoms with E-state index in [1.54, 1.807) is 18.6 Å². The van der Waals surface area contributed by atoms with Gasteiger partial charge in [0.2, 0.25) is 0 Å². The molecule has 0 amide bonds. The van der Waals surface area contributed by atoms with Crippen LogP contribution in [0, 0.1) is 0 Å². The van der Waals surface area contributed by atoms with Gasteiger partial charge in [-0.2, -0.15) is 5.10 Å². The van der Waals surface area contributed by atoms with E-state index in [9.17, 15) is 5.11 Å². The molecule has 5 nitrogen and oxygen atoms in total. The second kappa shape index (κ2) is 6.73. The van der Waals surface area contributed by atoms with E-state index < -0.39 is 5.60 Å². The summed E-state index contributed by atoms with van der Waals surface area (Å²) in [7, 11) is 0. The van der Waals surface area contributed by atoms with Gasteiger partial charge >= 0.3 is 0 Å². The van der Waals surface area contributed by atoms with Crippen LogP contribution in [0.1, 0.15) is 18.1 Å². The quantitative estimate of drug-likeness (QED) is 0.654. The molecule has 0 spiro atoms. The van der Waals surface area contributed by atoms with Crippen LogP contribution < -0.4 is 5.32 Å². The fraction of sp³-hybridized carbons (Fsp3) is 0.222. The third-order valence-corrected chi connectivity index (χ3v) is 3.85. The molecule has 0 aliphatic heterocycles. The molecule has 1 unspecified atom stereocenters. The van der Waals surface area contributed by atoms with E-state index in [1.807, 2.05) is 49.4 Å². The number of nitrogens with one attached hydrogen (secondary N) is 2. The molecule has 0 radical (unpaired) electrons. The first-order valence-electron chi connectivity index (χ1n) is 7.58. The van der Waals surface area contributed by atoms with E-state index >= 15 is 0 Å². The van der Waals surface area contributed by atoms with Gasteiger partial charge in [-0.05, 0) is 24.6 Å². The summed E-state index contributed by atoms with van der Waals surface area (Å²) in [6, 6.07) is 13.6. The number of benzene rings is 1. The normalized spacial score (nSPS) is 13.7. The van der Waals surface area contributed by atoms with E-state index in [1.165, 1.54) is 0 Å². The lowest BCUT2D eigenvalue weighted by molar-refractivity contribution is 0.0567. The molecule has 0 aliphatic carbocycles. The topological polar surface area (TPSA) is 73.8 Å². The SMILES string of the molecule is CC(O)(CNCc1cn[nH]c1-c1cccnc1)c1ccccc1. The largest absolute Gasteiger partial charge is 0.384 e. The molecule has 0 saturated carbocycles. The Morgan fingerprint density at radius 1 is 1.13 bits per heavy atom. The van der Waals surface area contributed by atoms with E-state index in [4.69, 9.17) is 0 Å². The van der Waals surface area contributed by atoms with Gasteiger partial charge < -0.3 is 10.4 Å². The molecule has 23 heavy (non-hydrogen) atoms. The number of H-pyrrole nitrogens is 1. The highest BCUT2D eigenvalue weighted by Crippen LogP contribution is 2.21. The zero-order chi connectivity index (χ0) is 16.1. The third-order valence-electron chi connectivity index (χ3n) is 3.85. The van der Waals surface area contributed by atoms with E-state index in [-0.39, 0.29) is 0 Å². The van der Waals surface area contributed by atoms with Crippen LogP contribution in [0.3, 0.4) is 0 Å². The average Bonchev–Trinajstić information content (AvgIpc) is 3.05. The molecule has 3 rings (SSSR count). The molecule has 5 heteroatoms. The van der Waals surface area contributed by atoms with Gasteiger partial charge in [-0.25, -0.2) is 0 Å². The third kappa shape index (κ3) is 3.64. The molecule has 0 fully saturated rings. The maximum Gasteiger partial charge on any atom is 0.0992 e. The lowest BCUT2D eigenvalue weighted by Gasteiger charge is -2.24. The Morgan fingerprint density at radius 2 is 1.96 bits per heavy atom. The zero-order valence-corrected chi connectivity index (χ0v) is 13.0. The molecule has 2 aromatic heterocycles. The van der Waals surface area contributed by atoms with Crippen molar-refractivity contribution in [1.82, 2.24) is 20.5 Å². The first-order valence-corrected chi connectivity index (χ1v) is 7.58. The summed E-state index contributed by atoms with van der Waals surface area (Å²) in [4.78, 5) is 4.13. The van der Waals surface area contributed by atoms with Gasteiger partial charge in [0.15, 0.2) is 0 Å². The maximum absolute atomic E-state index is 10.6. The van der Waals surface area contributed by atoms with Gasteiger partial charge in [-0.1, -0.05) is 30.3 Å². The minimum Gasteiger partial charge on any atom is -0.384 e. The Labute approximate surface area is 135 Å². The Hall–Kier alpha value is -2.50. The molecule has 1 aromatic carbocycles. The van der Waals surface area contributed by atoms with E-state index in [0.717, 1.165) is 22.4 Å². The highest BCUT2D eigenvalue weighted by Gasteiger charge is 2.22. The number of rotatable bonds is 6. The number of hydrogen-bond donors (Lipinski definition) is 3. The monoisotopic (exact) mass is 308 g/mol. The molecule has 118 valence electrons. The lowest BCUT2D eigenvalue weighted by Crippen LogP contribution is -2.35. The summed E-state index contributed by atoms with van der Waals surface area (Å²) in [5, 5.41) is 21.0. The second-order valence-electron chi connectivity index (χ2n) is 5.76. The van der Waals surface area contributed by atoms with Crippen LogP contribution in [0.4, 0.5) is 0 Å². The van der Waals surface area contributed by atoms with Crippen molar-refractivity contribution in [3.63, 3.8) is 0 Å². The van der Waals surface area contributed by atoms with Crippen LogP contribution in [0.15, 0.2) is 61.1 Å². The second-order valence-corrected chi connectivity index (χ2v) is 5.76. The number of nitrogens with zero attached hydrogens (tertiary/aromatic N) is 2. The Morgan fingerprint density at radius 3 is 2.70 bits per heavy atom. The molecular weight excluding hydrogens is 288 g/mol. The van der Waals surface area contributed by atoms with Crippen LogP contribution in [-0.4, -0.2) is 26.8 Å². The fourth-order valence-corrected chi connectivity index (χ4v) is 2.55. The molecule has 1 atom stereocenters. The summed E-state index contributed by atoms with van der Waals surface area (Å²) >= 11 is 0. The summed E-state index contributed by atoms with van der Waals surface area (Å²) in [6.07, 6.45) is 5.35. The lowest BCUT2D eigenvalue weighted by atomic mass is 9.96. The van der Waals surface area contributed by atoms with Crippen molar-refractivity contribution in [2.45, 2.75) is 19.1 Å². The summed E-state index contributed by atoms with van der Waals surface area (Å²) in [6.45, 7) is 2.88. The van der Waals surface area contributed by atoms with Crippen molar-refractivity contribution < 1.29 is 5.11 Å². The number of hydrogen-bond acceptors (Lipinski definition) is 4. The molecule has 0 bridgehead atoms. The Bertz CT molecular complexity index is 738. The van der Waals surface area contributed by atoms with Gasteiger partial charge in [0.25, 0.3) is 0 Å². The molecule has 0 saturated heterocycles. The first kappa shape index (κ1) is 15.4. The Balaban J connectivity index is 1.65. The minimum atomic E-state index is -0.917. The standard InChI is InChI=1S/C18H20N4O/c1-18(23,16-7-3-2-4-8-16)13-20-11-15-12-21-22-17(15)14-6-5-9-19-10-14/h2-10,12,20,23H,11,13H2,1H3,(H,21,22).